The van der Waals surface area contributed by atoms with Crippen LogP contribution >= 0.6 is 0 Å². The van der Waals surface area contributed by atoms with Gasteiger partial charge in [-0.25, -0.2) is 17.9 Å². The summed E-state index contributed by atoms with van der Waals surface area (Å²) >= 11 is 0. The van der Waals surface area contributed by atoms with Gasteiger partial charge >= 0.3 is 0 Å². The smallest absolute Gasteiger partial charge is 0.277 e. The second-order valence-corrected chi connectivity index (χ2v) is 10.6. The third-order valence-electron chi connectivity index (χ3n) is 5.36. The number of nitrogens with one attached hydrogen (secondary N) is 2. The van der Waals surface area contributed by atoms with Crippen molar-refractivity contribution in [2.24, 2.45) is 0 Å². The van der Waals surface area contributed by atoms with E-state index >= 15 is 0 Å². The number of hydrogen-bond donors (Lipinski definition) is 2. The van der Waals surface area contributed by atoms with Crippen molar-refractivity contribution in [1.82, 2.24) is 29.2 Å². The van der Waals surface area contributed by atoms with Crippen LogP contribution in [-0.4, -0.2) is 65.0 Å². The molecule has 0 radical (unpaired) electrons. The maximum absolute atomic E-state index is 13.2. The Hall–Kier alpha value is -3.25. The van der Waals surface area contributed by atoms with Gasteiger partial charge in [0.25, 0.3) is 5.56 Å². The van der Waals surface area contributed by atoms with Crippen molar-refractivity contribution in [3.8, 4) is 17.1 Å². The molecule has 0 aliphatic carbocycles. The van der Waals surface area contributed by atoms with E-state index in [2.05, 4.69) is 19.8 Å². The van der Waals surface area contributed by atoms with Crippen LogP contribution in [0.25, 0.3) is 16.9 Å². The lowest BCUT2D eigenvalue weighted by Crippen LogP contribution is -2.54. The minimum atomic E-state index is -4.12. The molecule has 0 aliphatic rings. The molecule has 0 spiro atoms. The molecular weight excluding hydrogens is 472 g/mol. The van der Waals surface area contributed by atoms with Crippen molar-refractivity contribution in [3.63, 3.8) is 0 Å². The van der Waals surface area contributed by atoms with Gasteiger partial charge in [-0.1, -0.05) is 6.92 Å². The first-order valence-electron chi connectivity index (χ1n) is 11.3. The van der Waals surface area contributed by atoms with Gasteiger partial charge in [0, 0.05) is 20.5 Å². The van der Waals surface area contributed by atoms with Crippen LogP contribution in [0.4, 0.5) is 0 Å². The van der Waals surface area contributed by atoms with Gasteiger partial charge in [0.2, 0.25) is 15.9 Å². The number of aromatic nitrogens is 4. The van der Waals surface area contributed by atoms with Crippen LogP contribution in [0.2, 0.25) is 0 Å². The highest BCUT2D eigenvalue weighted by atomic mass is 32.2. The van der Waals surface area contributed by atoms with Crippen molar-refractivity contribution in [2.45, 2.75) is 57.9 Å². The summed E-state index contributed by atoms with van der Waals surface area (Å²) in [4.78, 5) is 33.8. The van der Waals surface area contributed by atoms with E-state index in [-0.39, 0.29) is 10.7 Å². The number of rotatable bonds is 9. The molecule has 1 amide bonds. The molecule has 1 aromatic carbocycles. The molecule has 0 bridgehead atoms. The highest BCUT2D eigenvalue weighted by molar-refractivity contribution is 7.89. The molecule has 12 heteroatoms. The SMILES string of the molecule is CCCc1nc(C)c2c(=O)[nH]c(-c3cc(S(=O)(=O)NC(C)(C)C(=O)N(C)C)ccc3OCC)nn12. The van der Waals surface area contributed by atoms with Crippen LogP contribution in [0.3, 0.4) is 0 Å². The van der Waals surface area contributed by atoms with Gasteiger partial charge in [0.15, 0.2) is 11.3 Å². The number of aryl methyl sites for hydroxylation is 2. The summed E-state index contributed by atoms with van der Waals surface area (Å²) in [5.41, 5.74) is -0.583. The highest BCUT2D eigenvalue weighted by Gasteiger charge is 2.34. The Morgan fingerprint density at radius 2 is 1.94 bits per heavy atom. The predicted molar refractivity (Wildman–Crippen MR) is 132 cm³/mol. The van der Waals surface area contributed by atoms with E-state index in [1.54, 1.807) is 27.9 Å². The van der Waals surface area contributed by atoms with E-state index < -0.39 is 27.0 Å². The van der Waals surface area contributed by atoms with Crippen LogP contribution < -0.4 is 15.0 Å². The molecule has 0 atom stereocenters. The fourth-order valence-corrected chi connectivity index (χ4v) is 5.28. The van der Waals surface area contributed by atoms with E-state index in [0.29, 0.717) is 41.4 Å². The van der Waals surface area contributed by atoms with Gasteiger partial charge in [-0.3, -0.25) is 9.59 Å². The number of carbonyl (C=O) groups excluding carboxylic acids is 1. The summed E-state index contributed by atoms with van der Waals surface area (Å²) < 4.78 is 36.1. The van der Waals surface area contributed by atoms with Crippen molar-refractivity contribution < 1.29 is 17.9 Å². The zero-order valence-electron chi connectivity index (χ0n) is 21.1. The Labute approximate surface area is 204 Å². The number of H-pyrrole nitrogens is 1. The number of likely N-dealkylation sites (N-methyl/N-ethyl adjacent to an activating group) is 1. The fraction of sp³-hybridized carbons (Fsp3) is 0.478. The van der Waals surface area contributed by atoms with E-state index in [1.807, 2.05) is 6.92 Å². The number of imidazole rings is 1. The molecule has 3 rings (SSSR count). The van der Waals surface area contributed by atoms with Gasteiger partial charge in [0.05, 0.1) is 22.8 Å². The zero-order valence-corrected chi connectivity index (χ0v) is 21.9. The molecule has 0 aliphatic heterocycles. The predicted octanol–water partition coefficient (Wildman–Crippen LogP) is 1.89. The normalized spacial score (nSPS) is 12.2. The second-order valence-electron chi connectivity index (χ2n) is 8.95. The molecule has 2 heterocycles. The summed E-state index contributed by atoms with van der Waals surface area (Å²) in [5, 5.41) is 4.58. The molecule has 11 nitrogen and oxygen atoms in total. The van der Waals surface area contributed by atoms with Crippen molar-refractivity contribution in [2.75, 3.05) is 20.7 Å². The highest BCUT2D eigenvalue weighted by Crippen LogP contribution is 2.31. The maximum atomic E-state index is 13.2. The average Bonchev–Trinajstić information content (AvgIpc) is 3.08. The van der Waals surface area contributed by atoms with Crippen molar-refractivity contribution in [1.29, 1.82) is 0 Å². The molecule has 0 unspecified atom stereocenters. The number of fused-ring (bicyclic) bond motifs is 1. The standard InChI is InChI=1S/C23H32N6O5S/c1-8-10-18-24-14(3)19-21(30)25-20(26-29(18)19)16-13-15(11-12-17(16)34-9-2)35(32,33)27-23(4,5)22(31)28(6)7/h11-13,27H,8-10H2,1-7H3,(H,25,26,30). The Kier molecular flexibility index (Phi) is 7.37. The number of amides is 1. The Balaban J connectivity index is 2.18. The molecule has 3 aromatic rings. The summed E-state index contributed by atoms with van der Waals surface area (Å²) in [5.74, 6) is 0.732. The van der Waals surface area contributed by atoms with E-state index in [0.717, 1.165) is 6.42 Å². The molecule has 190 valence electrons. The van der Waals surface area contributed by atoms with E-state index in [9.17, 15) is 18.0 Å². The largest absolute Gasteiger partial charge is 0.493 e. The minimum absolute atomic E-state index is 0.103. The average molecular weight is 505 g/mol. The topological polar surface area (TPSA) is 139 Å². The van der Waals surface area contributed by atoms with Gasteiger partial charge < -0.3 is 14.6 Å². The Bertz CT molecular complexity index is 1420. The number of hydrogen-bond acceptors (Lipinski definition) is 7. The maximum Gasteiger partial charge on any atom is 0.277 e. The monoisotopic (exact) mass is 504 g/mol. The molecule has 0 saturated heterocycles. The zero-order chi connectivity index (χ0) is 26.1. The summed E-state index contributed by atoms with van der Waals surface area (Å²) in [6.07, 6.45) is 1.43. The lowest BCUT2D eigenvalue weighted by Gasteiger charge is -2.28. The minimum Gasteiger partial charge on any atom is -0.493 e. The quantitative estimate of drug-likeness (QED) is 0.454. The van der Waals surface area contributed by atoms with Gasteiger partial charge in [-0.15, -0.1) is 5.10 Å². The molecule has 35 heavy (non-hydrogen) atoms. The number of benzene rings is 1. The molecule has 2 aromatic heterocycles. The third kappa shape index (κ3) is 5.22. The lowest BCUT2D eigenvalue weighted by atomic mass is 10.1. The van der Waals surface area contributed by atoms with Crippen LogP contribution in [0, 0.1) is 6.92 Å². The number of carbonyl (C=O) groups is 1. The molecule has 2 N–H and O–H groups in total. The third-order valence-corrected chi connectivity index (χ3v) is 7.02. The van der Waals surface area contributed by atoms with E-state index in [1.165, 1.54) is 41.5 Å². The van der Waals surface area contributed by atoms with E-state index in [4.69, 9.17) is 4.74 Å². The first kappa shape index (κ1) is 26.4. The molecule has 0 saturated carbocycles. The summed E-state index contributed by atoms with van der Waals surface area (Å²) in [6.45, 7) is 8.84. The second kappa shape index (κ2) is 9.78. The summed E-state index contributed by atoms with van der Waals surface area (Å²) in [7, 11) is -1.01. The number of sulfonamides is 1. The first-order valence-corrected chi connectivity index (χ1v) is 12.8. The van der Waals surface area contributed by atoms with Gasteiger partial charge in [-0.2, -0.15) is 4.72 Å². The molecular formula is C23H32N6O5S. The Morgan fingerprint density at radius 1 is 1.26 bits per heavy atom. The van der Waals surface area contributed by atoms with Crippen molar-refractivity contribution in [3.05, 3.63) is 40.1 Å². The fourth-order valence-electron chi connectivity index (χ4n) is 3.88. The van der Waals surface area contributed by atoms with Gasteiger partial charge in [-0.05, 0) is 52.3 Å². The van der Waals surface area contributed by atoms with Crippen LogP contribution in [0.5, 0.6) is 5.75 Å². The summed E-state index contributed by atoms with van der Waals surface area (Å²) in [6, 6.07) is 4.26. The lowest BCUT2D eigenvalue weighted by molar-refractivity contribution is -0.133. The van der Waals surface area contributed by atoms with Crippen LogP contribution in [0.15, 0.2) is 27.9 Å². The first-order chi connectivity index (χ1) is 16.3. The van der Waals surface area contributed by atoms with Crippen LogP contribution in [-0.2, 0) is 21.2 Å². The van der Waals surface area contributed by atoms with Crippen LogP contribution in [0.1, 0.15) is 45.6 Å². The number of ether oxygens (including phenoxy) is 1. The molecule has 0 fully saturated rings. The Morgan fingerprint density at radius 3 is 2.54 bits per heavy atom. The number of aromatic amines is 1. The van der Waals surface area contributed by atoms with Gasteiger partial charge in [0.1, 0.15) is 17.1 Å². The van der Waals surface area contributed by atoms with Crippen molar-refractivity contribution >= 4 is 21.4 Å². The number of nitrogens with zero attached hydrogens (tertiary/aromatic N) is 4.